The predicted octanol–water partition coefficient (Wildman–Crippen LogP) is 3.16. The third-order valence-electron chi connectivity index (χ3n) is 3.09. The van der Waals surface area contributed by atoms with Crippen molar-refractivity contribution in [2.75, 3.05) is 19.8 Å². The maximum atomic E-state index is 8.99. The minimum atomic E-state index is 0.169. The summed E-state index contributed by atoms with van der Waals surface area (Å²) >= 11 is 6.33. The number of ether oxygens (including phenoxy) is 2. The van der Waals surface area contributed by atoms with Gasteiger partial charge in [-0.05, 0) is 24.3 Å². The van der Waals surface area contributed by atoms with Gasteiger partial charge in [0.1, 0.15) is 13.2 Å². The van der Waals surface area contributed by atoms with Gasteiger partial charge in [0.2, 0.25) is 0 Å². The summed E-state index contributed by atoms with van der Waals surface area (Å²) in [5.41, 5.74) is 2.19. The van der Waals surface area contributed by atoms with E-state index in [0.29, 0.717) is 30.6 Å². The molecule has 0 unspecified atom stereocenters. The number of aliphatic hydroxyl groups is 1. The summed E-state index contributed by atoms with van der Waals surface area (Å²) in [5.74, 6) is 1.88. The molecule has 0 amide bonds. The molecule has 0 bridgehead atoms. The van der Waals surface area contributed by atoms with Gasteiger partial charge in [-0.15, -0.1) is 0 Å². The second kappa shape index (κ2) is 5.81. The van der Waals surface area contributed by atoms with E-state index < -0.39 is 0 Å². The highest BCUT2D eigenvalue weighted by molar-refractivity contribution is 6.31. The molecule has 0 radical (unpaired) electrons. The molecule has 0 atom stereocenters. The van der Waals surface area contributed by atoms with Crippen LogP contribution in [0.5, 0.6) is 11.5 Å². The van der Waals surface area contributed by atoms with E-state index in [9.17, 15) is 0 Å². The van der Waals surface area contributed by atoms with Crippen LogP contribution in [0.25, 0.3) is 0 Å². The number of fused-ring (bicyclic) bond motifs is 1. The van der Waals surface area contributed by atoms with Gasteiger partial charge in [0.25, 0.3) is 0 Å². The lowest BCUT2D eigenvalue weighted by atomic mass is 9.92. The van der Waals surface area contributed by atoms with Crippen molar-refractivity contribution in [1.82, 2.24) is 0 Å². The van der Waals surface area contributed by atoms with Gasteiger partial charge in [0.05, 0.1) is 0 Å². The number of benzene rings is 1. The van der Waals surface area contributed by atoms with Crippen LogP contribution < -0.4 is 9.47 Å². The van der Waals surface area contributed by atoms with E-state index in [1.54, 1.807) is 0 Å². The number of rotatable bonds is 4. The summed E-state index contributed by atoms with van der Waals surface area (Å²) in [7, 11) is 0. The first-order valence-electron chi connectivity index (χ1n) is 6.37. The highest BCUT2D eigenvalue weighted by atomic mass is 35.5. The summed E-state index contributed by atoms with van der Waals surface area (Å²) < 4.78 is 11.3. The van der Waals surface area contributed by atoms with Gasteiger partial charge in [-0.3, -0.25) is 0 Å². The number of aliphatic hydroxyl groups excluding tert-OH is 1. The van der Waals surface area contributed by atoms with Gasteiger partial charge in [-0.25, -0.2) is 0 Å². The van der Waals surface area contributed by atoms with E-state index >= 15 is 0 Å². The zero-order valence-corrected chi connectivity index (χ0v) is 11.6. The van der Waals surface area contributed by atoms with Crippen LogP contribution in [0.1, 0.15) is 37.3 Å². The first-order chi connectivity index (χ1) is 8.65. The lowest BCUT2D eigenvalue weighted by Crippen LogP contribution is -2.18. The van der Waals surface area contributed by atoms with Crippen LogP contribution >= 0.6 is 11.6 Å². The Morgan fingerprint density at radius 3 is 2.72 bits per heavy atom. The van der Waals surface area contributed by atoms with E-state index in [-0.39, 0.29) is 6.61 Å². The molecule has 100 valence electrons. The second-order valence-corrected chi connectivity index (χ2v) is 5.16. The van der Waals surface area contributed by atoms with Crippen molar-refractivity contribution in [2.45, 2.75) is 32.6 Å². The van der Waals surface area contributed by atoms with Gasteiger partial charge in [0, 0.05) is 23.3 Å². The van der Waals surface area contributed by atoms with Gasteiger partial charge in [-0.1, -0.05) is 25.4 Å². The smallest absolute Gasteiger partial charge is 0.165 e. The largest absolute Gasteiger partial charge is 0.486 e. The molecule has 0 aliphatic carbocycles. The van der Waals surface area contributed by atoms with Crippen LogP contribution in [0.4, 0.5) is 0 Å². The van der Waals surface area contributed by atoms with Crippen molar-refractivity contribution in [3.8, 4) is 11.5 Å². The van der Waals surface area contributed by atoms with E-state index in [0.717, 1.165) is 29.0 Å². The molecule has 18 heavy (non-hydrogen) atoms. The third-order valence-corrected chi connectivity index (χ3v) is 3.43. The van der Waals surface area contributed by atoms with Crippen molar-refractivity contribution in [2.24, 2.45) is 0 Å². The maximum Gasteiger partial charge on any atom is 0.165 e. The number of halogens is 1. The fourth-order valence-corrected chi connectivity index (χ4v) is 2.63. The Morgan fingerprint density at radius 2 is 2.06 bits per heavy atom. The Morgan fingerprint density at radius 1 is 1.33 bits per heavy atom. The van der Waals surface area contributed by atoms with Crippen LogP contribution in [-0.4, -0.2) is 24.9 Å². The molecule has 1 aliphatic heterocycles. The minimum absolute atomic E-state index is 0.169. The molecule has 1 heterocycles. The van der Waals surface area contributed by atoms with E-state index in [1.165, 1.54) is 0 Å². The quantitative estimate of drug-likeness (QED) is 0.913. The molecule has 4 heteroatoms. The molecule has 0 fully saturated rings. The van der Waals surface area contributed by atoms with Gasteiger partial charge in [-0.2, -0.15) is 0 Å². The molecule has 2 rings (SSSR count). The molecule has 1 aromatic rings. The van der Waals surface area contributed by atoms with Crippen LogP contribution in [-0.2, 0) is 6.42 Å². The Hall–Kier alpha value is -0.930. The Kier molecular flexibility index (Phi) is 4.36. The lowest BCUT2D eigenvalue weighted by Gasteiger charge is -2.25. The molecule has 0 saturated heterocycles. The second-order valence-electron chi connectivity index (χ2n) is 4.76. The Bertz CT molecular complexity index is 430. The maximum absolute atomic E-state index is 8.99. The fourth-order valence-electron chi connectivity index (χ4n) is 2.34. The monoisotopic (exact) mass is 270 g/mol. The summed E-state index contributed by atoms with van der Waals surface area (Å²) in [4.78, 5) is 0. The highest BCUT2D eigenvalue weighted by Gasteiger charge is 2.23. The molecule has 0 spiro atoms. The third kappa shape index (κ3) is 2.57. The van der Waals surface area contributed by atoms with Crippen LogP contribution in [0.15, 0.2) is 6.07 Å². The summed E-state index contributed by atoms with van der Waals surface area (Å²) in [6, 6.07) is 1.83. The van der Waals surface area contributed by atoms with Crippen LogP contribution in [0.3, 0.4) is 0 Å². The first kappa shape index (κ1) is 13.5. The van der Waals surface area contributed by atoms with Gasteiger partial charge in [0.15, 0.2) is 11.5 Å². The molecule has 0 aromatic heterocycles. The Labute approximate surface area is 113 Å². The zero-order valence-electron chi connectivity index (χ0n) is 10.8. The molecule has 3 nitrogen and oxygen atoms in total. The average Bonchev–Trinajstić information content (AvgIpc) is 2.35. The lowest BCUT2D eigenvalue weighted by molar-refractivity contribution is 0.169. The van der Waals surface area contributed by atoms with Crippen LogP contribution in [0.2, 0.25) is 5.02 Å². The summed E-state index contributed by atoms with van der Waals surface area (Å²) in [5, 5.41) is 9.69. The molecular formula is C14H19ClO3. The Balaban J connectivity index is 2.50. The van der Waals surface area contributed by atoms with Crippen molar-refractivity contribution in [1.29, 1.82) is 0 Å². The van der Waals surface area contributed by atoms with Crippen molar-refractivity contribution in [3.63, 3.8) is 0 Å². The SMILES string of the molecule is CC(C)c1c(CCCO)c(Cl)cc2c1OCCO2. The van der Waals surface area contributed by atoms with Crippen molar-refractivity contribution < 1.29 is 14.6 Å². The zero-order chi connectivity index (χ0) is 13.1. The molecule has 1 N–H and O–H groups in total. The van der Waals surface area contributed by atoms with E-state index in [1.807, 2.05) is 6.07 Å². The topological polar surface area (TPSA) is 38.7 Å². The highest BCUT2D eigenvalue weighted by Crippen LogP contribution is 2.43. The van der Waals surface area contributed by atoms with Crippen LogP contribution in [0, 0.1) is 0 Å². The van der Waals surface area contributed by atoms with E-state index in [4.69, 9.17) is 26.2 Å². The standard InChI is InChI=1S/C14H19ClO3/c1-9(2)13-10(4-3-5-16)11(15)8-12-14(13)18-7-6-17-12/h8-9,16H,3-7H2,1-2H3. The van der Waals surface area contributed by atoms with Gasteiger partial charge < -0.3 is 14.6 Å². The number of hydrogen-bond donors (Lipinski definition) is 1. The van der Waals surface area contributed by atoms with E-state index in [2.05, 4.69) is 13.8 Å². The molecular weight excluding hydrogens is 252 g/mol. The molecule has 1 aliphatic rings. The van der Waals surface area contributed by atoms with Crippen molar-refractivity contribution in [3.05, 3.63) is 22.2 Å². The average molecular weight is 271 g/mol. The number of hydrogen-bond acceptors (Lipinski definition) is 3. The summed E-state index contributed by atoms with van der Waals surface area (Å²) in [6.07, 6.45) is 1.47. The predicted molar refractivity (Wildman–Crippen MR) is 71.9 cm³/mol. The molecule has 1 aromatic carbocycles. The summed E-state index contributed by atoms with van der Waals surface area (Å²) in [6.45, 7) is 5.55. The molecule has 0 saturated carbocycles. The first-order valence-corrected chi connectivity index (χ1v) is 6.74. The minimum Gasteiger partial charge on any atom is -0.486 e. The van der Waals surface area contributed by atoms with Gasteiger partial charge >= 0.3 is 0 Å². The van der Waals surface area contributed by atoms with Crippen molar-refractivity contribution >= 4 is 11.6 Å². The fraction of sp³-hybridized carbons (Fsp3) is 0.571. The normalized spacial score (nSPS) is 14.1.